The van der Waals surface area contributed by atoms with Gasteiger partial charge in [0.1, 0.15) is 5.82 Å². The lowest BCUT2D eigenvalue weighted by Crippen LogP contribution is -2.42. The minimum Gasteiger partial charge on any atom is -0.345 e. The number of hydrogen-bond acceptors (Lipinski definition) is 3. The number of carbonyl (C=O) groups excluding carboxylic acids is 1. The van der Waals surface area contributed by atoms with Crippen molar-refractivity contribution in [2.45, 2.75) is 18.5 Å². The van der Waals surface area contributed by atoms with Crippen LogP contribution in [-0.4, -0.2) is 30.0 Å². The van der Waals surface area contributed by atoms with E-state index in [2.05, 4.69) is 10.6 Å². The quantitative estimate of drug-likeness (QED) is 0.769. The van der Waals surface area contributed by atoms with E-state index in [0.717, 1.165) is 29.2 Å². The van der Waals surface area contributed by atoms with Crippen molar-refractivity contribution in [3.63, 3.8) is 0 Å². The molecule has 140 valence electrons. The average Bonchev–Trinajstić information content (AvgIpc) is 2.62. The van der Waals surface area contributed by atoms with Crippen LogP contribution in [0.1, 0.15) is 23.6 Å². The molecule has 2 unspecified atom stereocenters. The number of halogens is 3. The van der Waals surface area contributed by atoms with E-state index in [0.29, 0.717) is 11.4 Å². The first-order valence-electron chi connectivity index (χ1n) is 8.24. The third-order valence-electron chi connectivity index (χ3n) is 4.16. The molecule has 1 heterocycles. The van der Waals surface area contributed by atoms with Crippen molar-refractivity contribution in [3.8, 4) is 0 Å². The highest BCUT2D eigenvalue weighted by Gasteiger charge is 2.22. The average molecular weight is 415 g/mol. The Labute approximate surface area is 168 Å². The SMILES string of the molecule is Cl.O=C(CC1CSCCN1)NC(c1ccc(F)cc1)c1ccccc1Cl. The summed E-state index contributed by atoms with van der Waals surface area (Å²) in [7, 11) is 0. The summed E-state index contributed by atoms with van der Waals surface area (Å²) in [4.78, 5) is 12.6. The third-order valence-corrected chi connectivity index (χ3v) is 5.63. The van der Waals surface area contributed by atoms with Crippen molar-refractivity contribution >= 4 is 41.7 Å². The van der Waals surface area contributed by atoms with Gasteiger partial charge in [-0.05, 0) is 29.3 Å². The maximum atomic E-state index is 13.3. The van der Waals surface area contributed by atoms with Crippen molar-refractivity contribution in [1.82, 2.24) is 10.6 Å². The molecule has 0 aliphatic carbocycles. The molecule has 0 aromatic heterocycles. The van der Waals surface area contributed by atoms with Gasteiger partial charge in [-0.25, -0.2) is 4.39 Å². The summed E-state index contributed by atoms with van der Waals surface area (Å²) in [5.41, 5.74) is 1.60. The normalized spacial score (nSPS) is 17.8. The van der Waals surface area contributed by atoms with E-state index in [-0.39, 0.29) is 30.2 Å². The molecule has 0 spiro atoms. The molecule has 7 heteroatoms. The maximum absolute atomic E-state index is 13.3. The molecule has 3 nitrogen and oxygen atoms in total. The van der Waals surface area contributed by atoms with Gasteiger partial charge in [-0.1, -0.05) is 41.9 Å². The van der Waals surface area contributed by atoms with Crippen LogP contribution < -0.4 is 10.6 Å². The summed E-state index contributed by atoms with van der Waals surface area (Å²) >= 11 is 8.19. The second-order valence-corrected chi connectivity index (χ2v) is 7.56. The lowest BCUT2D eigenvalue weighted by atomic mass is 9.98. The molecule has 1 fully saturated rings. The van der Waals surface area contributed by atoms with Gasteiger partial charge in [0.25, 0.3) is 0 Å². The first-order chi connectivity index (χ1) is 12.1. The van der Waals surface area contributed by atoms with E-state index in [4.69, 9.17) is 11.6 Å². The van der Waals surface area contributed by atoms with E-state index in [1.165, 1.54) is 12.1 Å². The van der Waals surface area contributed by atoms with Gasteiger partial charge in [-0.3, -0.25) is 4.79 Å². The number of hydrogen-bond donors (Lipinski definition) is 2. The number of carbonyl (C=O) groups is 1. The predicted molar refractivity (Wildman–Crippen MR) is 109 cm³/mol. The molecule has 0 bridgehead atoms. The van der Waals surface area contributed by atoms with Crippen molar-refractivity contribution in [3.05, 3.63) is 70.5 Å². The van der Waals surface area contributed by atoms with Gasteiger partial charge in [-0.15, -0.1) is 12.4 Å². The van der Waals surface area contributed by atoms with Gasteiger partial charge in [-0.2, -0.15) is 11.8 Å². The van der Waals surface area contributed by atoms with Crippen molar-refractivity contribution in [1.29, 1.82) is 0 Å². The van der Waals surface area contributed by atoms with E-state index in [1.54, 1.807) is 18.2 Å². The fourth-order valence-corrected chi connectivity index (χ4v) is 4.09. The number of rotatable bonds is 5. The lowest BCUT2D eigenvalue weighted by molar-refractivity contribution is -0.122. The first kappa shape index (κ1) is 21.0. The van der Waals surface area contributed by atoms with Crippen LogP contribution in [0.3, 0.4) is 0 Å². The predicted octanol–water partition coefficient (Wildman–Crippen LogP) is 4.20. The van der Waals surface area contributed by atoms with Crippen LogP contribution in [0, 0.1) is 5.82 Å². The Balaban J connectivity index is 0.00000243. The Morgan fingerprint density at radius 2 is 2.00 bits per heavy atom. The largest absolute Gasteiger partial charge is 0.345 e. The molecule has 2 N–H and O–H groups in total. The Kier molecular flexibility index (Phi) is 8.22. The molecule has 0 saturated carbocycles. The van der Waals surface area contributed by atoms with Crippen LogP contribution in [0.15, 0.2) is 48.5 Å². The molecular weight excluding hydrogens is 394 g/mol. The van der Waals surface area contributed by atoms with Crippen LogP contribution in [0.4, 0.5) is 4.39 Å². The second-order valence-electron chi connectivity index (χ2n) is 6.00. The minimum absolute atomic E-state index is 0. The fourth-order valence-electron chi connectivity index (χ4n) is 2.90. The molecule has 2 atom stereocenters. The smallest absolute Gasteiger partial charge is 0.222 e. The third kappa shape index (κ3) is 5.61. The molecular formula is C19H21Cl2FN2OS. The summed E-state index contributed by atoms with van der Waals surface area (Å²) in [5, 5.41) is 7.00. The summed E-state index contributed by atoms with van der Waals surface area (Å²) in [6, 6.07) is 13.3. The van der Waals surface area contributed by atoms with Gasteiger partial charge in [0, 0.05) is 35.5 Å². The molecule has 1 aliphatic rings. The zero-order chi connectivity index (χ0) is 17.6. The monoisotopic (exact) mass is 414 g/mol. The Bertz CT molecular complexity index is 724. The van der Waals surface area contributed by atoms with E-state index < -0.39 is 6.04 Å². The standard InChI is InChI=1S/C19H20ClFN2OS.ClH/c20-17-4-2-1-3-16(17)19(13-5-7-14(21)8-6-13)23-18(24)11-15-12-25-10-9-22-15;/h1-8,15,19,22H,9-12H2,(H,23,24);1H. The molecule has 2 aromatic rings. The number of amides is 1. The van der Waals surface area contributed by atoms with Crippen LogP contribution in [-0.2, 0) is 4.79 Å². The first-order valence-corrected chi connectivity index (χ1v) is 9.77. The minimum atomic E-state index is -0.405. The number of nitrogens with one attached hydrogen (secondary N) is 2. The fraction of sp³-hybridized carbons (Fsp3) is 0.316. The molecule has 1 aliphatic heterocycles. The van der Waals surface area contributed by atoms with Crippen molar-refractivity contribution < 1.29 is 9.18 Å². The van der Waals surface area contributed by atoms with E-state index >= 15 is 0 Å². The summed E-state index contributed by atoms with van der Waals surface area (Å²) in [5.74, 6) is 1.65. The summed E-state index contributed by atoms with van der Waals surface area (Å²) < 4.78 is 13.3. The highest BCUT2D eigenvalue weighted by atomic mass is 35.5. The molecule has 26 heavy (non-hydrogen) atoms. The van der Waals surface area contributed by atoms with Crippen molar-refractivity contribution in [2.24, 2.45) is 0 Å². The zero-order valence-electron chi connectivity index (χ0n) is 14.1. The molecule has 1 saturated heterocycles. The number of benzene rings is 2. The van der Waals surface area contributed by atoms with E-state index in [9.17, 15) is 9.18 Å². The second kappa shape index (κ2) is 10.2. The van der Waals surface area contributed by atoms with Crippen LogP contribution >= 0.6 is 35.8 Å². The highest BCUT2D eigenvalue weighted by molar-refractivity contribution is 7.99. The Morgan fingerprint density at radius 3 is 2.65 bits per heavy atom. The van der Waals surface area contributed by atoms with Crippen molar-refractivity contribution in [2.75, 3.05) is 18.1 Å². The molecule has 1 amide bonds. The number of thioether (sulfide) groups is 1. The van der Waals surface area contributed by atoms with Gasteiger partial charge >= 0.3 is 0 Å². The van der Waals surface area contributed by atoms with Gasteiger partial charge in [0.15, 0.2) is 0 Å². The van der Waals surface area contributed by atoms with Crippen LogP contribution in [0.25, 0.3) is 0 Å². The topological polar surface area (TPSA) is 41.1 Å². The Morgan fingerprint density at radius 1 is 1.27 bits per heavy atom. The molecule has 0 radical (unpaired) electrons. The van der Waals surface area contributed by atoms with Gasteiger partial charge < -0.3 is 10.6 Å². The lowest BCUT2D eigenvalue weighted by Gasteiger charge is -2.25. The summed E-state index contributed by atoms with van der Waals surface area (Å²) in [6.45, 7) is 0.925. The zero-order valence-corrected chi connectivity index (χ0v) is 16.5. The van der Waals surface area contributed by atoms with Gasteiger partial charge in [0.05, 0.1) is 6.04 Å². The van der Waals surface area contributed by atoms with E-state index in [1.807, 2.05) is 30.0 Å². The van der Waals surface area contributed by atoms with Crippen LogP contribution in [0.5, 0.6) is 0 Å². The highest BCUT2D eigenvalue weighted by Crippen LogP contribution is 2.28. The molecule has 3 rings (SSSR count). The Hall–Kier alpha value is -1.27. The van der Waals surface area contributed by atoms with Crippen LogP contribution in [0.2, 0.25) is 5.02 Å². The summed E-state index contributed by atoms with van der Waals surface area (Å²) in [6.07, 6.45) is 0.412. The maximum Gasteiger partial charge on any atom is 0.222 e. The molecule has 2 aromatic carbocycles. The van der Waals surface area contributed by atoms with Gasteiger partial charge in [0.2, 0.25) is 5.91 Å².